The van der Waals surface area contributed by atoms with Gasteiger partial charge in [0.25, 0.3) is 0 Å². The first kappa shape index (κ1) is 13.1. The van der Waals surface area contributed by atoms with Gasteiger partial charge in [-0.25, -0.2) is 4.98 Å². The van der Waals surface area contributed by atoms with Gasteiger partial charge >= 0.3 is 5.97 Å². The number of aromatic nitrogens is 2. The first-order valence-electron chi connectivity index (χ1n) is 5.69. The number of fused-ring (bicyclic) bond motifs is 1. The van der Waals surface area contributed by atoms with Crippen LogP contribution < -0.4 is 0 Å². The Morgan fingerprint density at radius 3 is 2.67 bits per heavy atom. The minimum absolute atomic E-state index is 0.0314. The van der Waals surface area contributed by atoms with Crippen LogP contribution in [0.5, 0.6) is 0 Å². The summed E-state index contributed by atoms with van der Waals surface area (Å²) in [6, 6.07) is 5.65. The van der Waals surface area contributed by atoms with E-state index in [0.717, 1.165) is 21.6 Å². The number of aliphatic carboxylic acids is 1. The first-order valence-corrected chi connectivity index (χ1v) is 6.48. The van der Waals surface area contributed by atoms with Crippen molar-refractivity contribution in [3.8, 4) is 0 Å². The maximum absolute atomic E-state index is 11.0. The maximum atomic E-state index is 11.0. The summed E-state index contributed by atoms with van der Waals surface area (Å²) in [6.07, 6.45) is -0.0314. The smallest absolute Gasteiger partial charge is 0.309 e. The van der Waals surface area contributed by atoms with Crippen molar-refractivity contribution in [2.24, 2.45) is 0 Å². The largest absolute Gasteiger partial charge is 0.481 e. The molecular formula is C13H15BrN2O2. The highest BCUT2D eigenvalue weighted by atomic mass is 79.9. The fraction of sp³-hybridized carbons (Fsp3) is 0.385. The summed E-state index contributed by atoms with van der Waals surface area (Å²) >= 11 is 3.45. The minimum Gasteiger partial charge on any atom is -0.481 e. The van der Waals surface area contributed by atoms with Crippen molar-refractivity contribution in [1.82, 2.24) is 9.38 Å². The Hall–Kier alpha value is -1.36. The van der Waals surface area contributed by atoms with Crippen LogP contribution in [0.1, 0.15) is 32.2 Å². The molecule has 0 amide bonds. The summed E-state index contributed by atoms with van der Waals surface area (Å²) < 4.78 is 2.67. The highest BCUT2D eigenvalue weighted by Gasteiger charge is 2.25. The Bertz CT molecular complexity index is 611. The Morgan fingerprint density at radius 2 is 2.11 bits per heavy atom. The predicted molar refractivity (Wildman–Crippen MR) is 72.9 cm³/mol. The van der Waals surface area contributed by atoms with Crippen molar-refractivity contribution in [3.05, 3.63) is 34.2 Å². The van der Waals surface area contributed by atoms with Crippen LogP contribution in [-0.4, -0.2) is 20.5 Å². The number of pyridine rings is 1. The van der Waals surface area contributed by atoms with Crippen LogP contribution in [0.2, 0.25) is 0 Å². The van der Waals surface area contributed by atoms with Gasteiger partial charge in [-0.1, -0.05) is 26.8 Å². The van der Waals surface area contributed by atoms with E-state index in [1.165, 1.54) is 0 Å². The van der Waals surface area contributed by atoms with E-state index in [1.807, 2.05) is 43.4 Å². The molecule has 0 spiro atoms. The van der Waals surface area contributed by atoms with Crippen molar-refractivity contribution in [3.63, 3.8) is 0 Å². The fourth-order valence-corrected chi connectivity index (χ4v) is 2.57. The third kappa shape index (κ3) is 2.27. The zero-order valence-electron chi connectivity index (χ0n) is 10.6. The lowest BCUT2D eigenvalue weighted by Crippen LogP contribution is -2.17. The molecule has 2 heterocycles. The molecule has 2 aromatic rings. The average molecular weight is 311 g/mol. The Balaban J connectivity index is 2.78. The highest BCUT2D eigenvalue weighted by Crippen LogP contribution is 2.28. The molecule has 18 heavy (non-hydrogen) atoms. The maximum Gasteiger partial charge on any atom is 0.309 e. The molecule has 0 bridgehead atoms. The van der Waals surface area contributed by atoms with Crippen LogP contribution in [0.15, 0.2) is 22.8 Å². The van der Waals surface area contributed by atoms with E-state index >= 15 is 0 Å². The third-order valence-electron chi connectivity index (χ3n) is 2.72. The van der Waals surface area contributed by atoms with E-state index in [1.54, 1.807) is 0 Å². The molecule has 0 aliphatic heterocycles. The Morgan fingerprint density at radius 1 is 1.44 bits per heavy atom. The monoisotopic (exact) mass is 310 g/mol. The lowest BCUT2D eigenvalue weighted by Gasteiger charge is -2.17. The number of carbonyl (C=O) groups is 1. The molecule has 2 aromatic heterocycles. The SMILES string of the molecule is CC(C)(C)c1nc2cccc(Br)n2c1CC(=O)O. The van der Waals surface area contributed by atoms with Gasteiger partial charge in [-0.15, -0.1) is 0 Å². The minimum atomic E-state index is -0.849. The molecule has 0 saturated heterocycles. The van der Waals surface area contributed by atoms with Crippen LogP contribution in [0.4, 0.5) is 0 Å². The molecule has 0 aliphatic rings. The quantitative estimate of drug-likeness (QED) is 0.867. The molecule has 0 unspecified atom stereocenters. The summed E-state index contributed by atoms with van der Waals surface area (Å²) in [7, 11) is 0. The standard InChI is InChI=1S/C13H15BrN2O2/c1-13(2,3)12-8(7-11(17)18)16-9(14)5-4-6-10(16)15-12/h4-6H,7H2,1-3H3,(H,17,18). The number of hydrogen-bond acceptors (Lipinski definition) is 2. The molecule has 96 valence electrons. The number of imidazole rings is 1. The van der Waals surface area contributed by atoms with Crippen LogP contribution >= 0.6 is 15.9 Å². The van der Waals surface area contributed by atoms with Gasteiger partial charge < -0.3 is 5.11 Å². The summed E-state index contributed by atoms with van der Waals surface area (Å²) in [4.78, 5) is 15.6. The lowest BCUT2D eigenvalue weighted by atomic mass is 9.90. The fourth-order valence-electron chi connectivity index (χ4n) is 2.02. The molecule has 4 nitrogen and oxygen atoms in total. The molecular weight excluding hydrogens is 296 g/mol. The number of nitrogens with zero attached hydrogens (tertiary/aromatic N) is 2. The number of rotatable bonds is 2. The van der Waals surface area contributed by atoms with Crippen LogP contribution in [0, 0.1) is 0 Å². The lowest BCUT2D eigenvalue weighted by molar-refractivity contribution is -0.136. The van der Waals surface area contributed by atoms with Gasteiger partial charge in [0.1, 0.15) is 5.65 Å². The van der Waals surface area contributed by atoms with Crippen LogP contribution in [0.3, 0.4) is 0 Å². The summed E-state index contributed by atoms with van der Waals surface area (Å²) in [6.45, 7) is 6.11. The van der Waals surface area contributed by atoms with Gasteiger partial charge in [0.2, 0.25) is 0 Å². The van der Waals surface area contributed by atoms with E-state index in [9.17, 15) is 4.79 Å². The molecule has 5 heteroatoms. The van der Waals surface area contributed by atoms with Gasteiger partial charge in [0, 0.05) is 5.41 Å². The Labute approximate surface area is 114 Å². The number of carboxylic acids is 1. The van der Waals surface area contributed by atoms with E-state index in [4.69, 9.17) is 5.11 Å². The summed E-state index contributed by atoms with van der Waals surface area (Å²) in [5.41, 5.74) is 2.15. The van der Waals surface area contributed by atoms with E-state index in [2.05, 4.69) is 20.9 Å². The van der Waals surface area contributed by atoms with Crippen LogP contribution in [-0.2, 0) is 16.6 Å². The van der Waals surface area contributed by atoms with Crippen molar-refractivity contribution in [1.29, 1.82) is 0 Å². The van der Waals surface area contributed by atoms with Gasteiger partial charge in [0.15, 0.2) is 0 Å². The van der Waals surface area contributed by atoms with Gasteiger partial charge in [-0.3, -0.25) is 9.20 Å². The summed E-state index contributed by atoms with van der Waals surface area (Å²) in [5, 5.41) is 9.07. The second-order valence-electron chi connectivity index (χ2n) is 5.27. The third-order valence-corrected chi connectivity index (χ3v) is 3.34. The van der Waals surface area contributed by atoms with Crippen molar-refractivity contribution < 1.29 is 9.90 Å². The van der Waals surface area contributed by atoms with Crippen molar-refractivity contribution in [2.45, 2.75) is 32.6 Å². The molecule has 0 radical (unpaired) electrons. The molecule has 1 N–H and O–H groups in total. The average Bonchev–Trinajstić information content (AvgIpc) is 2.57. The predicted octanol–water partition coefficient (Wildman–Crippen LogP) is 3.02. The molecule has 2 rings (SSSR count). The molecule has 0 aromatic carbocycles. The topological polar surface area (TPSA) is 54.6 Å². The van der Waals surface area contributed by atoms with Gasteiger partial charge in [0.05, 0.1) is 22.4 Å². The summed E-state index contributed by atoms with van der Waals surface area (Å²) in [5.74, 6) is -0.849. The zero-order valence-corrected chi connectivity index (χ0v) is 12.2. The number of halogens is 1. The first-order chi connectivity index (χ1) is 8.30. The highest BCUT2D eigenvalue weighted by molar-refractivity contribution is 9.10. The van der Waals surface area contributed by atoms with Crippen molar-refractivity contribution >= 4 is 27.5 Å². The van der Waals surface area contributed by atoms with Gasteiger partial charge in [-0.2, -0.15) is 0 Å². The molecule has 0 saturated carbocycles. The molecule has 0 fully saturated rings. The van der Waals surface area contributed by atoms with E-state index in [0.29, 0.717) is 0 Å². The van der Waals surface area contributed by atoms with Gasteiger partial charge in [-0.05, 0) is 28.1 Å². The second-order valence-corrected chi connectivity index (χ2v) is 6.08. The Kier molecular flexibility index (Phi) is 3.19. The number of carboxylic acid groups (broad SMARTS) is 1. The van der Waals surface area contributed by atoms with E-state index in [-0.39, 0.29) is 11.8 Å². The van der Waals surface area contributed by atoms with E-state index < -0.39 is 5.97 Å². The zero-order chi connectivity index (χ0) is 13.5. The second kappa shape index (κ2) is 4.39. The van der Waals surface area contributed by atoms with Crippen LogP contribution in [0.25, 0.3) is 5.65 Å². The molecule has 0 aliphatic carbocycles. The van der Waals surface area contributed by atoms with Crippen molar-refractivity contribution in [2.75, 3.05) is 0 Å². The normalized spacial score (nSPS) is 12.0. The molecule has 0 atom stereocenters. The number of hydrogen-bond donors (Lipinski definition) is 1.